The topological polar surface area (TPSA) is 64.4 Å². The molecule has 0 spiro atoms. The Morgan fingerprint density at radius 1 is 1.36 bits per heavy atom. The lowest BCUT2D eigenvalue weighted by Gasteiger charge is -2.28. The highest BCUT2D eigenvalue weighted by Gasteiger charge is 2.27. The summed E-state index contributed by atoms with van der Waals surface area (Å²) < 4.78 is 5.33. The number of thioether (sulfide) groups is 1. The van der Waals surface area contributed by atoms with Gasteiger partial charge in [0, 0.05) is 25.0 Å². The molecule has 120 valence electrons. The van der Waals surface area contributed by atoms with Crippen LogP contribution in [0.4, 0.5) is 0 Å². The lowest BCUT2D eigenvalue weighted by atomic mass is 9.92. The molecule has 1 aromatic rings. The quantitative estimate of drug-likeness (QED) is 0.889. The van der Waals surface area contributed by atoms with Gasteiger partial charge in [0.25, 0.3) is 0 Å². The van der Waals surface area contributed by atoms with Crippen molar-refractivity contribution >= 4 is 17.7 Å². The van der Waals surface area contributed by atoms with Gasteiger partial charge >= 0.3 is 0 Å². The fourth-order valence-corrected chi connectivity index (χ4v) is 4.48. The van der Waals surface area contributed by atoms with Crippen LogP contribution in [0.2, 0.25) is 0 Å². The van der Waals surface area contributed by atoms with Crippen molar-refractivity contribution in [1.29, 1.82) is 0 Å². The molecule has 0 radical (unpaired) electrons. The number of nitrogens with two attached hydrogens (primary N) is 1. The molecule has 2 unspecified atom stereocenters. The Hall–Kier alpha value is -1.04. The average molecular weight is 320 g/mol. The minimum Gasteiger partial charge on any atom is -0.381 e. The highest BCUT2D eigenvalue weighted by atomic mass is 32.2. The molecule has 0 aromatic heterocycles. The van der Waals surface area contributed by atoms with Crippen molar-refractivity contribution in [2.45, 2.75) is 30.6 Å². The van der Waals surface area contributed by atoms with Gasteiger partial charge in [0.15, 0.2) is 0 Å². The number of rotatable bonds is 4. The summed E-state index contributed by atoms with van der Waals surface area (Å²) in [5, 5.41) is 3.41. The van der Waals surface area contributed by atoms with Crippen molar-refractivity contribution in [2.24, 2.45) is 11.7 Å². The predicted octanol–water partition coefficient (Wildman–Crippen LogP) is 1.89. The van der Waals surface area contributed by atoms with Crippen LogP contribution in [0.1, 0.15) is 29.2 Å². The normalized spacial score (nSPS) is 23.6. The molecule has 0 saturated carbocycles. The lowest BCUT2D eigenvalue weighted by Crippen LogP contribution is -2.47. The Kier molecular flexibility index (Phi) is 5.39. The van der Waals surface area contributed by atoms with Gasteiger partial charge in [-0.15, -0.1) is 0 Å². The summed E-state index contributed by atoms with van der Waals surface area (Å²) in [4.78, 5) is 12.3. The fourth-order valence-electron chi connectivity index (χ4n) is 3.25. The van der Waals surface area contributed by atoms with Crippen molar-refractivity contribution in [2.75, 3.05) is 25.5 Å². The van der Waals surface area contributed by atoms with Gasteiger partial charge in [-0.05, 0) is 42.1 Å². The van der Waals surface area contributed by atoms with Gasteiger partial charge in [-0.25, -0.2) is 0 Å². The SMILES string of the molecule is NC(C(=O)NCC1SCCc2ccccc21)C1CCOCC1. The first-order valence-corrected chi connectivity index (χ1v) is 9.11. The van der Waals surface area contributed by atoms with Gasteiger partial charge in [-0.2, -0.15) is 11.8 Å². The van der Waals surface area contributed by atoms with Gasteiger partial charge in [0.2, 0.25) is 5.91 Å². The van der Waals surface area contributed by atoms with Crippen molar-refractivity contribution in [3.05, 3.63) is 35.4 Å². The monoisotopic (exact) mass is 320 g/mol. The zero-order valence-corrected chi connectivity index (χ0v) is 13.6. The van der Waals surface area contributed by atoms with Crippen LogP contribution < -0.4 is 11.1 Å². The van der Waals surface area contributed by atoms with Crippen LogP contribution in [0.15, 0.2) is 24.3 Å². The summed E-state index contributed by atoms with van der Waals surface area (Å²) in [6, 6.07) is 8.13. The Morgan fingerprint density at radius 2 is 2.14 bits per heavy atom. The van der Waals surface area contributed by atoms with Crippen molar-refractivity contribution in [3.8, 4) is 0 Å². The van der Waals surface area contributed by atoms with E-state index < -0.39 is 6.04 Å². The lowest BCUT2D eigenvalue weighted by molar-refractivity contribution is -0.124. The van der Waals surface area contributed by atoms with Crippen LogP contribution in [-0.2, 0) is 16.0 Å². The number of carbonyl (C=O) groups excluding carboxylic acids is 1. The number of ether oxygens (including phenoxy) is 1. The summed E-state index contributed by atoms with van der Waals surface area (Å²) >= 11 is 1.92. The Bertz CT molecular complexity index is 517. The van der Waals surface area contributed by atoms with Crippen LogP contribution >= 0.6 is 11.8 Å². The molecule has 0 aliphatic carbocycles. The molecular weight excluding hydrogens is 296 g/mol. The van der Waals surface area contributed by atoms with Crippen LogP contribution in [0.5, 0.6) is 0 Å². The summed E-state index contributed by atoms with van der Waals surface area (Å²) in [6.45, 7) is 2.10. The van der Waals surface area contributed by atoms with Crippen molar-refractivity contribution < 1.29 is 9.53 Å². The van der Waals surface area contributed by atoms with E-state index in [2.05, 4.69) is 29.6 Å². The maximum absolute atomic E-state index is 12.3. The minimum atomic E-state index is -0.410. The maximum Gasteiger partial charge on any atom is 0.237 e. The summed E-state index contributed by atoms with van der Waals surface area (Å²) in [5.74, 6) is 1.35. The molecule has 4 nitrogen and oxygen atoms in total. The average Bonchev–Trinajstić information content (AvgIpc) is 2.59. The molecule has 1 amide bonds. The smallest absolute Gasteiger partial charge is 0.237 e. The van der Waals surface area contributed by atoms with Crippen molar-refractivity contribution in [1.82, 2.24) is 5.32 Å². The molecular formula is C17H24N2O2S. The first kappa shape index (κ1) is 15.8. The van der Waals surface area contributed by atoms with E-state index in [1.54, 1.807) is 0 Å². The van der Waals surface area contributed by atoms with Gasteiger partial charge < -0.3 is 15.8 Å². The predicted molar refractivity (Wildman–Crippen MR) is 89.9 cm³/mol. The van der Waals surface area contributed by atoms with Crippen LogP contribution in [0.3, 0.4) is 0 Å². The zero-order chi connectivity index (χ0) is 15.4. The van der Waals surface area contributed by atoms with E-state index in [0.29, 0.717) is 11.8 Å². The van der Waals surface area contributed by atoms with Crippen LogP contribution in [0, 0.1) is 5.92 Å². The third-order valence-electron chi connectivity index (χ3n) is 4.63. The first-order chi connectivity index (χ1) is 10.8. The number of aryl methyl sites for hydroxylation is 1. The molecule has 2 atom stereocenters. The Balaban J connectivity index is 1.55. The number of benzene rings is 1. The molecule has 2 aliphatic heterocycles. The second-order valence-corrected chi connectivity index (χ2v) is 7.34. The Labute approximate surface area is 136 Å². The number of nitrogens with one attached hydrogen (secondary N) is 1. The van der Waals surface area contributed by atoms with E-state index in [0.717, 1.165) is 38.2 Å². The standard InChI is InChI=1S/C17H24N2O2S/c18-16(13-5-8-21-9-6-13)17(20)19-11-15-14-4-2-1-3-12(14)7-10-22-15/h1-4,13,15-16H,5-11,18H2,(H,19,20). The molecule has 0 bridgehead atoms. The van der Waals surface area contributed by atoms with Gasteiger partial charge in [-0.3, -0.25) is 4.79 Å². The molecule has 2 heterocycles. The molecule has 1 saturated heterocycles. The molecule has 3 N–H and O–H groups in total. The number of amides is 1. The minimum absolute atomic E-state index is 0.0180. The summed E-state index contributed by atoms with van der Waals surface area (Å²) in [5.41, 5.74) is 8.90. The number of hydrogen-bond acceptors (Lipinski definition) is 4. The van der Waals surface area contributed by atoms with Gasteiger partial charge in [0.05, 0.1) is 6.04 Å². The summed E-state index contributed by atoms with van der Waals surface area (Å²) in [7, 11) is 0. The number of carbonyl (C=O) groups is 1. The number of fused-ring (bicyclic) bond motifs is 1. The van der Waals surface area contributed by atoms with E-state index >= 15 is 0 Å². The largest absolute Gasteiger partial charge is 0.381 e. The van der Waals surface area contributed by atoms with E-state index in [-0.39, 0.29) is 11.8 Å². The Morgan fingerprint density at radius 3 is 2.95 bits per heavy atom. The molecule has 1 fully saturated rings. The highest BCUT2D eigenvalue weighted by Crippen LogP contribution is 2.36. The third kappa shape index (κ3) is 3.65. The molecule has 5 heteroatoms. The molecule has 3 rings (SSSR count). The van der Waals surface area contributed by atoms with E-state index in [1.165, 1.54) is 11.1 Å². The van der Waals surface area contributed by atoms with E-state index in [4.69, 9.17) is 10.5 Å². The van der Waals surface area contributed by atoms with Crippen molar-refractivity contribution in [3.63, 3.8) is 0 Å². The number of hydrogen-bond donors (Lipinski definition) is 2. The van der Waals surface area contributed by atoms with E-state index in [1.807, 2.05) is 11.8 Å². The van der Waals surface area contributed by atoms with E-state index in [9.17, 15) is 4.79 Å². The molecule has 1 aromatic carbocycles. The molecule has 22 heavy (non-hydrogen) atoms. The fraction of sp³-hybridized carbons (Fsp3) is 0.588. The highest BCUT2D eigenvalue weighted by molar-refractivity contribution is 7.99. The van der Waals surface area contributed by atoms with Gasteiger partial charge in [0.1, 0.15) is 0 Å². The summed E-state index contributed by atoms with van der Waals surface area (Å²) in [6.07, 6.45) is 2.89. The molecule has 2 aliphatic rings. The van der Waals surface area contributed by atoms with Crippen LogP contribution in [0.25, 0.3) is 0 Å². The van der Waals surface area contributed by atoms with Gasteiger partial charge in [-0.1, -0.05) is 24.3 Å². The second-order valence-electron chi connectivity index (χ2n) is 6.03. The maximum atomic E-state index is 12.3. The second kappa shape index (κ2) is 7.49. The zero-order valence-electron chi connectivity index (χ0n) is 12.8. The van der Waals surface area contributed by atoms with Crippen LogP contribution in [-0.4, -0.2) is 37.5 Å². The third-order valence-corrected chi connectivity index (χ3v) is 5.89. The first-order valence-electron chi connectivity index (χ1n) is 8.06.